The average Bonchev–Trinajstić information content (AvgIpc) is 3.00. The van der Waals surface area contributed by atoms with E-state index in [0.717, 1.165) is 16.1 Å². The van der Waals surface area contributed by atoms with Crippen LogP contribution in [0.15, 0.2) is 40.3 Å². The molecule has 1 unspecified atom stereocenters. The minimum atomic E-state index is -0.466. The van der Waals surface area contributed by atoms with Gasteiger partial charge in [-0.15, -0.1) is 11.3 Å². The minimum Gasteiger partial charge on any atom is -0.310 e. The van der Waals surface area contributed by atoms with E-state index in [4.69, 9.17) is 5.26 Å². The average molecular weight is 427 g/mol. The Balaban J connectivity index is 1.91. The molecule has 0 fully saturated rings. The number of hydrogen-bond acceptors (Lipinski definition) is 6. The van der Waals surface area contributed by atoms with Crippen LogP contribution in [-0.4, -0.2) is 27.3 Å². The maximum absolute atomic E-state index is 13.2. The number of aryl methyl sites for hydroxylation is 2. The number of anilines is 1. The van der Waals surface area contributed by atoms with Gasteiger partial charge in [0, 0.05) is 24.2 Å². The van der Waals surface area contributed by atoms with Crippen molar-refractivity contribution in [2.24, 2.45) is 7.05 Å². The molecule has 29 heavy (non-hydrogen) atoms. The molecule has 0 N–H and O–H groups in total. The zero-order chi connectivity index (χ0) is 21.1. The van der Waals surface area contributed by atoms with Crippen molar-refractivity contribution < 1.29 is 4.79 Å². The molecule has 0 aliphatic rings. The quantitative estimate of drug-likeness (QED) is 0.439. The summed E-state index contributed by atoms with van der Waals surface area (Å²) in [5, 5.41) is 9.67. The van der Waals surface area contributed by atoms with Crippen LogP contribution in [0.2, 0.25) is 0 Å². The van der Waals surface area contributed by atoms with E-state index in [1.165, 1.54) is 27.7 Å². The van der Waals surface area contributed by atoms with E-state index in [1.807, 2.05) is 44.2 Å². The highest BCUT2D eigenvalue weighted by molar-refractivity contribution is 8.00. The van der Waals surface area contributed by atoms with E-state index >= 15 is 0 Å². The molecular formula is C21H22N4O2S2. The van der Waals surface area contributed by atoms with Crippen molar-refractivity contribution in [1.82, 2.24) is 9.55 Å². The number of hydrogen-bond donors (Lipinski definition) is 0. The van der Waals surface area contributed by atoms with Gasteiger partial charge >= 0.3 is 0 Å². The molecule has 1 atom stereocenters. The zero-order valence-corrected chi connectivity index (χ0v) is 18.4. The Morgan fingerprint density at radius 1 is 1.34 bits per heavy atom. The molecule has 1 amide bonds. The van der Waals surface area contributed by atoms with Crippen LogP contribution in [0.25, 0.3) is 10.2 Å². The number of aromatic nitrogens is 2. The molecule has 1 aromatic carbocycles. The lowest BCUT2D eigenvalue weighted by Gasteiger charge is -2.25. The van der Waals surface area contributed by atoms with Crippen LogP contribution in [-0.2, 0) is 11.8 Å². The molecule has 3 aromatic rings. The van der Waals surface area contributed by atoms with Crippen LogP contribution < -0.4 is 10.5 Å². The summed E-state index contributed by atoms with van der Waals surface area (Å²) >= 11 is 2.76. The molecule has 6 nitrogen and oxygen atoms in total. The van der Waals surface area contributed by atoms with Crippen molar-refractivity contribution in [1.29, 1.82) is 5.26 Å². The zero-order valence-electron chi connectivity index (χ0n) is 16.8. The molecule has 3 rings (SSSR count). The number of carbonyl (C=O) groups excluding carboxylic acids is 1. The highest BCUT2D eigenvalue weighted by Crippen LogP contribution is 2.30. The van der Waals surface area contributed by atoms with Crippen LogP contribution in [0.4, 0.5) is 5.69 Å². The largest absolute Gasteiger partial charge is 0.310 e. The molecule has 0 aliphatic heterocycles. The molecule has 150 valence electrons. The Labute approximate surface area is 177 Å². The Bertz CT molecular complexity index is 1150. The summed E-state index contributed by atoms with van der Waals surface area (Å²) in [6.45, 7) is 6.03. The highest BCUT2D eigenvalue weighted by Gasteiger charge is 2.25. The van der Waals surface area contributed by atoms with Crippen molar-refractivity contribution >= 4 is 44.9 Å². The summed E-state index contributed by atoms with van der Waals surface area (Å²) in [6.07, 6.45) is 0.245. The van der Waals surface area contributed by atoms with Crippen LogP contribution >= 0.6 is 23.1 Å². The van der Waals surface area contributed by atoms with Crippen molar-refractivity contribution in [3.8, 4) is 6.07 Å². The molecule has 0 aliphatic carbocycles. The SMILES string of the molecule is Cc1sc2nc(SC(C)C(=O)N(CCC#N)c3ccccc3)n(C)c(=O)c2c1C. The van der Waals surface area contributed by atoms with E-state index in [0.29, 0.717) is 21.9 Å². The third-order valence-corrected chi connectivity index (χ3v) is 7.01. The van der Waals surface area contributed by atoms with Crippen molar-refractivity contribution in [2.45, 2.75) is 37.6 Å². The van der Waals surface area contributed by atoms with E-state index < -0.39 is 5.25 Å². The maximum atomic E-state index is 13.2. The van der Waals surface area contributed by atoms with Gasteiger partial charge in [-0.1, -0.05) is 30.0 Å². The lowest BCUT2D eigenvalue weighted by atomic mass is 10.2. The number of benzene rings is 1. The van der Waals surface area contributed by atoms with Crippen LogP contribution in [0.3, 0.4) is 0 Å². The molecule has 8 heteroatoms. The number of thioether (sulfide) groups is 1. The van der Waals surface area contributed by atoms with Crippen LogP contribution in [0, 0.1) is 25.2 Å². The number of para-hydroxylation sites is 1. The van der Waals surface area contributed by atoms with Gasteiger partial charge in [-0.05, 0) is 38.5 Å². The number of rotatable bonds is 6. The van der Waals surface area contributed by atoms with E-state index in [1.54, 1.807) is 18.9 Å². The molecule has 0 bridgehead atoms. The molecule has 0 saturated carbocycles. The first-order valence-electron chi connectivity index (χ1n) is 9.22. The Hall–Kier alpha value is -2.63. The fraction of sp³-hybridized carbons (Fsp3) is 0.333. The lowest BCUT2D eigenvalue weighted by Crippen LogP contribution is -2.37. The van der Waals surface area contributed by atoms with Gasteiger partial charge in [-0.25, -0.2) is 4.98 Å². The lowest BCUT2D eigenvalue weighted by molar-refractivity contribution is -0.117. The maximum Gasteiger partial charge on any atom is 0.262 e. The van der Waals surface area contributed by atoms with Gasteiger partial charge < -0.3 is 4.90 Å². The summed E-state index contributed by atoms with van der Waals surface area (Å²) in [4.78, 5) is 34.0. The normalized spacial score (nSPS) is 12.0. The Morgan fingerprint density at radius 3 is 2.69 bits per heavy atom. The first-order chi connectivity index (χ1) is 13.8. The van der Waals surface area contributed by atoms with Gasteiger partial charge in [0.2, 0.25) is 5.91 Å². The number of fused-ring (bicyclic) bond motifs is 1. The number of nitrogens with zero attached hydrogens (tertiary/aromatic N) is 4. The summed E-state index contributed by atoms with van der Waals surface area (Å²) in [5.74, 6) is -0.121. The van der Waals surface area contributed by atoms with Gasteiger partial charge in [0.1, 0.15) is 4.83 Å². The summed E-state index contributed by atoms with van der Waals surface area (Å²) < 4.78 is 1.51. The third-order valence-electron chi connectivity index (χ3n) is 4.78. The van der Waals surface area contributed by atoms with Crippen molar-refractivity contribution in [2.75, 3.05) is 11.4 Å². The van der Waals surface area contributed by atoms with Gasteiger partial charge in [0.15, 0.2) is 5.16 Å². The topological polar surface area (TPSA) is 79.0 Å². The molecular weight excluding hydrogens is 404 g/mol. The monoisotopic (exact) mass is 426 g/mol. The number of nitriles is 1. The minimum absolute atomic E-state index is 0.0941. The summed E-state index contributed by atoms with van der Waals surface area (Å²) in [7, 11) is 1.69. The number of amides is 1. The van der Waals surface area contributed by atoms with Gasteiger partial charge in [0.25, 0.3) is 5.56 Å². The Morgan fingerprint density at radius 2 is 2.03 bits per heavy atom. The van der Waals surface area contributed by atoms with Crippen molar-refractivity contribution in [3.63, 3.8) is 0 Å². The summed E-state index contributed by atoms with van der Waals surface area (Å²) in [6, 6.07) is 11.4. The van der Waals surface area contributed by atoms with Gasteiger partial charge in [-0.3, -0.25) is 14.2 Å². The van der Waals surface area contributed by atoms with E-state index in [-0.39, 0.29) is 17.9 Å². The van der Waals surface area contributed by atoms with Crippen LogP contribution in [0.1, 0.15) is 23.8 Å². The predicted octanol–water partition coefficient (Wildman–Crippen LogP) is 4.04. The number of thiophene rings is 1. The smallest absolute Gasteiger partial charge is 0.262 e. The molecule has 0 radical (unpaired) electrons. The Kier molecular flexibility index (Phi) is 6.40. The molecule has 0 saturated heterocycles. The number of carbonyl (C=O) groups is 1. The fourth-order valence-corrected chi connectivity index (χ4v) is 5.03. The van der Waals surface area contributed by atoms with Crippen molar-refractivity contribution in [3.05, 3.63) is 51.1 Å². The predicted molar refractivity (Wildman–Crippen MR) is 119 cm³/mol. The first-order valence-corrected chi connectivity index (χ1v) is 10.9. The summed E-state index contributed by atoms with van der Waals surface area (Å²) in [5.41, 5.74) is 1.62. The second kappa shape index (κ2) is 8.80. The van der Waals surface area contributed by atoms with Gasteiger partial charge in [0.05, 0.1) is 23.1 Å². The fourth-order valence-electron chi connectivity index (χ4n) is 3.03. The standard InChI is InChI=1S/C21H22N4O2S2/c1-13-14(2)28-18-17(13)20(27)24(4)21(23-18)29-15(3)19(26)25(12-8-11-22)16-9-6-5-7-10-16/h5-7,9-10,15H,8,12H2,1-4H3. The molecule has 2 heterocycles. The van der Waals surface area contributed by atoms with Gasteiger partial charge in [-0.2, -0.15) is 5.26 Å². The second-order valence-corrected chi connectivity index (χ2v) is 9.23. The molecule has 2 aromatic heterocycles. The highest BCUT2D eigenvalue weighted by atomic mass is 32.2. The molecule has 0 spiro atoms. The third kappa shape index (κ3) is 4.21. The van der Waals surface area contributed by atoms with E-state index in [2.05, 4.69) is 11.1 Å². The second-order valence-electron chi connectivity index (χ2n) is 6.72. The van der Waals surface area contributed by atoms with Crippen LogP contribution in [0.5, 0.6) is 0 Å². The first kappa shape index (κ1) is 21.1. The van der Waals surface area contributed by atoms with E-state index in [9.17, 15) is 9.59 Å².